The molecule has 0 bridgehead atoms. The predicted octanol–water partition coefficient (Wildman–Crippen LogP) is 6.16. The largest absolute Gasteiger partial charge is 0.425 e. The Hall–Kier alpha value is -3.91. The van der Waals surface area contributed by atoms with Crippen molar-refractivity contribution in [3.63, 3.8) is 0 Å². The van der Waals surface area contributed by atoms with Crippen molar-refractivity contribution in [1.29, 1.82) is 0 Å². The van der Waals surface area contributed by atoms with Gasteiger partial charge in [-0.15, -0.1) is 0 Å². The van der Waals surface area contributed by atoms with Crippen LogP contribution in [-0.4, -0.2) is 28.1 Å². The maximum Gasteiger partial charge on any atom is 0.425 e. The fourth-order valence-electron chi connectivity index (χ4n) is 4.35. The zero-order valence-electron chi connectivity index (χ0n) is 17.9. The molecule has 1 heterocycles. The van der Waals surface area contributed by atoms with Crippen molar-refractivity contribution in [3.05, 3.63) is 102 Å². The van der Waals surface area contributed by atoms with E-state index in [2.05, 4.69) is 10.4 Å². The van der Waals surface area contributed by atoms with Crippen LogP contribution in [0.25, 0.3) is 27.4 Å². The van der Waals surface area contributed by atoms with Gasteiger partial charge in [-0.25, -0.2) is 9.07 Å². The Balaban J connectivity index is 1.72. The van der Waals surface area contributed by atoms with Gasteiger partial charge >= 0.3 is 6.18 Å². The van der Waals surface area contributed by atoms with Crippen molar-refractivity contribution in [3.8, 4) is 5.69 Å². The molecule has 4 aromatic carbocycles. The minimum Gasteiger partial charge on any atom is -0.388 e. The number of alkyl halides is 3. The summed E-state index contributed by atoms with van der Waals surface area (Å²) >= 11 is 0. The molecular formula is C26H19F4N3O. The fraction of sp³-hybridized carbons (Fsp3) is 0.115. The summed E-state index contributed by atoms with van der Waals surface area (Å²) in [5, 5.41) is 19.8. The smallest absolute Gasteiger partial charge is 0.388 e. The molecule has 172 valence electrons. The van der Waals surface area contributed by atoms with E-state index >= 15 is 0 Å². The lowest BCUT2D eigenvalue weighted by Gasteiger charge is -2.33. The first kappa shape index (κ1) is 21.9. The molecule has 2 N–H and O–H groups in total. The minimum absolute atomic E-state index is 0.264. The van der Waals surface area contributed by atoms with Gasteiger partial charge in [0.05, 0.1) is 17.4 Å². The van der Waals surface area contributed by atoms with Gasteiger partial charge in [0.15, 0.2) is 0 Å². The summed E-state index contributed by atoms with van der Waals surface area (Å²) in [5.41, 5.74) is -2.11. The number of hydrogen-bond donors (Lipinski definition) is 2. The molecule has 5 aromatic rings. The molecule has 5 rings (SSSR count). The van der Waals surface area contributed by atoms with Crippen LogP contribution in [0.4, 0.5) is 23.2 Å². The average molecular weight is 465 g/mol. The van der Waals surface area contributed by atoms with Gasteiger partial charge in [0, 0.05) is 29.1 Å². The van der Waals surface area contributed by atoms with Crippen molar-refractivity contribution >= 4 is 27.4 Å². The Kier molecular flexibility index (Phi) is 5.06. The Morgan fingerprint density at radius 3 is 2.26 bits per heavy atom. The van der Waals surface area contributed by atoms with E-state index in [1.807, 2.05) is 0 Å². The second-order valence-corrected chi connectivity index (χ2v) is 7.97. The van der Waals surface area contributed by atoms with Crippen LogP contribution in [-0.2, 0) is 5.60 Å². The number of nitrogens with one attached hydrogen (secondary N) is 1. The SMILES string of the molecule is CNc1ccc(C(O)(c2ccc3c(cnn3-c3ccc(F)cc3)c2)C(F)(F)F)c2ccccc12. The molecule has 1 aromatic heterocycles. The number of benzene rings is 4. The summed E-state index contributed by atoms with van der Waals surface area (Å²) in [5.74, 6) is -0.408. The standard InChI is InChI=1S/C26H19F4N3O/c1-31-23-12-11-22(20-4-2-3-5-21(20)23)25(34,26(28,29)30)17-6-13-24-16(14-17)15-32-33(24)19-9-7-18(27)8-10-19/h2-15,31,34H,1H3. The lowest BCUT2D eigenvalue weighted by Crippen LogP contribution is -2.43. The topological polar surface area (TPSA) is 50.1 Å². The normalized spacial score (nSPS) is 13.8. The molecule has 0 fully saturated rings. The lowest BCUT2D eigenvalue weighted by molar-refractivity contribution is -0.247. The molecule has 0 aliphatic carbocycles. The number of hydrogen-bond acceptors (Lipinski definition) is 3. The first-order valence-corrected chi connectivity index (χ1v) is 10.5. The maximum absolute atomic E-state index is 14.6. The van der Waals surface area contributed by atoms with Gasteiger partial charge in [-0.1, -0.05) is 36.4 Å². The van der Waals surface area contributed by atoms with E-state index in [0.29, 0.717) is 27.7 Å². The first-order chi connectivity index (χ1) is 16.2. The van der Waals surface area contributed by atoms with Crippen LogP contribution in [0.1, 0.15) is 11.1 Å². The number of rotatable bonds is 4. The number of halogens is 4. The highest BCUT2D eigenvalue weighted by Gasteiger charge is 2.57. The van der Waals surface area contributed by atoms with E-state index in [1.54, 1.807) is 31.3 Å². The molecule has 8 heteroatoms. The van der Waals surface area contributed by atoms with Crippen LogP contribution in [0.15, 0.2) is 85.1 Å². The number of aromatic nitrogens is 2. The van der Waals surface area contributed by atoms with Gasteiger partial charge in [-0.3, -0.25) is 0 Å². The minimum atomic E-state index is -5.00. The molecule has 0 spiro atoms. The van der Waals surface area contributed by atoms with Crippen molar-refractivity contribution in [1.82, 2.24) is 9.78 Å². The van der Waals surface area contributed by atoms with Crippen molar-refractivity contribution < 1.29 is 22.7 Å². The molecular weight excluding hydrogens is 446 g/mol. The quantitative estimate of drug-likeness (QED) is 0.313. The second kappa shape index (κ2) is 7.85. The Morgan fingerprint density at radius 1 is 0.882 bits per heavy atom. The summed E-state index contributed by atoms with van der Waals surface area (Å²) in [4.78, 5) is 0. The highest BCUT2D eigenvalue weighted by atomic mass is 19.4. The number of aliphatic hydroxyl groups is 1. The first-order valence-electron chi connectivity index (χ1n) is 10.5. The van der Waals surface area contributed by atoms with Crippen LogP contribution < -0.4 is 5.32 Å². The molecule has 0 aliphatic heterocycles. The molecule has 0 amide bonds. The Labute approximate surface area is 192 Å². The third kappa shape index (κ3) is 3.30. The van der Waals surface area contributed by atoms with E-state index in [0.717, 1.165) is 0 Å². The summed E-state index contributed by atoms with van der Waals surface area (Å²) in [6, 6.07) is 19.1. The monoisotopic (exact) mass is 465 g/mol. The van der Waals surface area contributed by atoms with Crippen LogP contribution in [0.2, 0.25) is 0 Å². The molecule has 1 atom stereocenters. The van der Waals surface area contributed by atoms with Crippen molar-refractivity contribution in [2.45, 2.75) is 11.8 Å². The maximum atomic E-state index is 14.6. The zero-order valence-corrected chi connectivity index (χ0v) is 17.9. The van der Waals surface area contributed by atoms with Crippen LogP contribution in [0.5, 0.6) is 0 Å². The molecule has 34 heavy (non-hydrogen) atoms. The highest BCUT2D eigenvalue weighted by molar-refractivity contribution is 5.97. The van der Waals surface area contributed by atoms with Gasteiger partial charge in [-0.05, 0) is 53.4 Å². The summed E-state index contributed by atoms with van der Waals surface area (Å²) in [6.45, 7) is 0. The highest BCUT2D eigenvalue weighted by Crippen LogP contribution is 2.47. The van der Waals surface area contributed by atoms with Crippen LogP contribution in [0.3, 0.4) is 0 Å². The van der Waals surface area contributed by atoms with Gasteiger partial charge in [0.1, 0.15) is 5.82 Å². The number of nitrogens with zero attached hydrogens (tertiary/aromatic N) is 2. The van der Waals surface area contributed by atoms with Crippen LogP contribution >= 0.6 is 0 Å². The number of fused-ring (bicyclic) bond motifs is 2. The summed E-state index contributed by atoms with van der Waals surface area (Å²) in [6.07, 6.45) is -3.58. The van der Waals surface area contributed by atoms with Gasteiger partial charge in [0.2, 0.25) is 5.60 Å². The molecule has 0 radical (unpaired) electrons. The fourth-order valence-corrected chi connectivity index (χ4v) is 4.35. The average Bonchev–Trinajstić information content (AvgIpc) is 3.26. The third-order valence-corrected chi connectivity index (χ3v) is 6.05. The molecule has 0 aliphatic rings. The Bertz CT molecular complexity index is 1510. The van der Waals surface area contributed by atoms with Gasteiger partial charge in [0.25, 0.3) is 0 Å². The van der Waals surface area contributed by atoms with Crippen molar-refractivity contribution in [2.24, 2.45) is 0 Å². The zero-order chi connectivity index (χ0) is 24.1. The van der Waals surface area contributed by atoms with E-state index in [-0.39, 0.29) is 16.5 Å². The third-order valence-electron chi connectivity index (χ3n) is 6.05. The van der Waals surface area contributed by atoms with Gasteiger partial charge < -0.3 is 10.4 Å². The van der Waals surface area contributed by atoms with Crippen LogP contribution in [0, 0.1) is 5.82 Å². The summed E-state index contributed by atoms with van der Waals surface area (Å²) in [7, 11) is 1.68. The predicted molar refractivity (Wildman–Crippen MR) is 124 cm³/mol. The van der Waals surface area contributed by atoms with E-state index in [4.69, 9.17) is 0 Å². The number of anilines is 1. The summed E-state index contributed by atoms with van der Waals surface area (Å²) < 4.78 is 58.5. The molecule has 0 saturated heterocycles. The second-order valence-electron chi connectivity index (χ2n) is 7.97. The van der Waals surface area contributed by atoms with E-state index in [1.165, 1.54) is 65.5 Å². The van der Waals surface area contributed by atoms with E-state index in [9.17, 15) is 22.7 Å². The molecule has 4 nitrogen and oxygen atoms in total. The van der Waals surface area contributed by atoms with E-state index < -0.39 is 17.6 Å². The van der Waals surface area contributed by atoms with Gasteiger partial charge in [-0.2, -0.15) is 18.3 Å². The van der Waals surface area contributed by atoms with Crippen molar-refractivity contribution in [2.75, 3.05) is 12.4 Å². The molecule has 0 saturated carbocycles. The lowest BCUT2D eigenvalue weighted by atomic mass is 9.82. The molecule has 1 unspecified atom stereocenters. The Morgan fingerprint density at radius 2 is 1.59 bits per heavy atom.